The van der Waals surface area contributed by atoms with Crippen LogP contribution in [-0.2, 0) is 16.9 Å². The standard InChI is InChI=1S/C18H14ClN3O2S/c1-18(11-6-2-3-7-12(11)19)16(23)22(17(24)21-18)10-15-20-13-8-4-5-9-14(13)25-15/h2-9H,10H2,1H3,(H,21,24)/t18-/m1/s1. The highest BCUT2D eigenvalue weighted by Crippen LogP contribution is 2.34. The lowest BCUT2D eigenvalue weighted by Gasteiger charge is -2.23. The first kappa shape index (κ1) is 16.1. The third kappa shape index (κ3) is 2.58. The van der Waals surface area contributed by atoms with E-state index in [0.29, 0.717) is 15.6 Å². The smallest absolute Gasteiger partial charge is 0.319 e. The fraction of sp³-hybridized carbons (Fsp3) is 0.167. The lowest BCUT2D eigenvalue weighted by Crippen LogP contribution is -2.41. The highest BCUT2D eigenvalue weighted by Gasteiger charge is 2.50. The van der Waals surface area contributed by atoms with E-state index in [0.717, 1.165) is 10.2 Å². The molecule has 1 saturated heterocycles. The van der Waals surface area contributed by atoms with Gasteiger partial charge in [-0.15, -0.1) is 11.3 Å². The van der Waals surface area contributed by atoms with Crippen molar-refractivity contribution in [1.29, 1.82) is 0 Å². The third-order valence-corrected chi connectivity index (χ3v) is 5.67. The predicted molar refractivity (Wildman–Crippen MR) is 97.5 cm³/mol. The van der Waals surface area contributed by atoms with Gasteiger partial charge in [-0.05, 0) is 25.1 Å². The molecule has 0 bridgehead atoms. The van der Waals surface area contributed by atoms with Crippen LogP contribution in [0.25, 0.3) is 10.2 Å². The van der Waals surface area contributed by atoms with Gasteiger partial charge in [0.05, 0.1) is 16.8 Å². The summed E-state index contributed by atoms with van der Waals surface area (Å²) in [7, 11) is 0. The fourth-order valence-electron chi connectivity index (χ4n) is 3.01. The molecule has 0 unspecified atom stereocenters. The van der Waals surface area contributed by atoms with Crippen molar-refractivity contribution >= 4 is 45.1 Å². The van der Waals surface area contributed by atoms with Gasteiger partial charge in [-0.25, -0.2) is 9.78 Å². The van der Waals surface area contributed by atoms with E-state index in [9.17, 15) is 9.59 Å². The van der Waals surface area contributed by atoms with Crippen LogP contribution in [0.1, 0.15) is 17.5 Å². The van der Waals surface area contributed by atoms with Gasteiger partial charge in [0.2, 0.25) is 0 Å². The Hall–Kier alpha value is -2.44. The Balaban J connectivity index is 1.66. The number of carbonyl (C=O) groups excluding carboxylic acids is 2. The van der Waals surface area contributed by atoms with E-state index < -0.39 is 11.6 Å². The first-order valence-electron chi connectivity index (χ1n) is 7.72. The first-order valence-corrected chi connectivity index (χ1v) is 8.92. The Bertz CT molecular complexity index is 970. The summed E-state index contributed by atoms with van der Waals surface area (Å²) in [6.07, 6.45) is 0. The highest BCUT2D eigenvalue weighted by atomic mass is 35.5. The van der Waals surface area contributed by atoms with Crippen LogP contribution >= 0.6 is 22.9 Å². The Labute approximate surface area is 153 Å². The summed E-state index contributed by atoms with van der Waals surface area (Å²) in [4.78, 5) is 31.1. The lowest BCUT2D eigenvalue weighted by molar-refractivity contribution is -0.131. The van der Waals surface area contributed by atoms with Gasteiger partial charge < -0.3 is 5.32 Å². The molecule has 2 aromatic carbocycles. The van der Waals surface area contributed by atoms with E-state index in [1.54, 1.807) is 31.2 Å². The van der Waals surface area contributed by atoms with Crippen molar-refractivity contribution in [2.24, 2.45) is 0 Å². The molecule has 3 aromatic rings. The SMILES string of the molecule is C[C@]1(c2ccccc2Cl)NC(=O)N(Cc2nc3ccccc3s2)C1=O. The van der Waals surface area contributed by atoms with Crippen molar-refractivity contribution in [2.45, 2.75) is 19.0 Å². The van der Waals surface area contributed by atoms with E-state index in [2.05, 4.69) is 10.3 Å². The van der Waals surface area contributed by atoms with Gasteiger partial charge in [-0.1, -0.05) is 41.9 Å². The molecular formula is C18H14ClN3O2S. The minimum atomic E-state index is -1.17. The Morgan fingerprint density at radius 3 is 2.64 bits per heavy atom. The largest absolute Gasteiger partial charge is 0.325 e. The van der Waals surface area contributed by atoms with E-state index >= 15 is 0 Å². The molecule has 1 fully saturated rings. The Kier molecular flexibility index (Phi) is 3.74. The summed E-state index contributed by atoms with van der Waals surface area (Å²) in [6, 6.07) is 14.3. The molecule has 2 heterocycles. The van der Waals surface area contributed by atoms with E-state index in [4.69, 9.17) is 11.6 Å². The minimum absolute atomic E-state index is 0.143. The van der Waals surface area contributed by atoms with Crippen molar-refractivity contribution in [3.63, 3.8) is 0 Å². The molecule has 1 N–H and O–H groups in total. The molecule has 4 rings (SSSR count). The van der Waals surface area contributed by atoms with E-state index in [-0.39, 0.29) is 12.5 Å². The van der Waals surface area contributed by atoms with Crippen molar-refractivity contribution in [3.8, 4) is 0 Å². The highest BCUT2D eigenvalue weighted by molar-refractivity contribution is 7.18. The summed E-state index contributed by atoms with van der Waals surface area (Å²) >= 11 is 7.71. The number of nitrogens with one attached hydrogen (secondary N) is 1. The number of para-hydroxylation sites is 1. The maximum atomic E-state index is 13.0. The molecule has 0 saturated carbocycles. The zero-order valence-electron chi connectivity index (χ0n) is 13.3. The van der Waals surface area contributed by atoms with Crippen LogP contribution in [0.2, 0.25) is 5.02 Å². The number of hydrogen-bond donors (Lipinski definition) is 1. The number of fused-ring (bicyclic) bond motifs is 1. The summed E-state index contributed by atoms with van der Waals surface area (Å²) in [5, 5.41) is 3.93. The van der Waals surface area contributed by atoms with Crippen LogP contribution < -0.4 is 5.32 Å². The number of halogens is 1. The predicted octanol–water partition coefficient (Wildman–Crippen LogP) is 3.92. The van der Waals surface area contributed by atoms with Crippen molar-refractivity contribution in [1.82, 2.24) is 15.2 Å². The first-order chi connectivity index (χ1) is 12.0. The third-order valence-electron chi connectivity index (χ3n) is 4.32. The number of benzene rings is 2. The van der Waals surface area contributed by atoms with Gasteiger partial charge in [0.15, 0.2) is 0 Å². The lowest BCUT2D eigenvalue weighted by atomic mass is 9.92. The molecule has 126 valence electrons. The van der Waals surface area contributed by atoms with Crippen molar-refractivity contribution in [2.75, 3.05) is 0 Å². The molecule has 0 spiro atoms. The molecule has 5 nitrogen and oxygen atoms in total. The Morgan fingerprint density at radius 2 is 1.88 bits per heavy atom. The second kappa shape index (κ2) is 5.82. The number of rotatable bonds is 3. The normalized spacial score (nSPS) is 20.3. The van der Waals surface area contributed by atoms with E-state index in [1.807, 2.05) is 24.3 Å². The molecule has 0 radical (unpaired) electrons. The molecule has 0 aliphatic carbocycles. The van der Waals surface area contributed by atoms with Gasteiger partial charge in [0.1, 0.15) is 10.5 Å². The average molecular weight is 372 g/mol. The molecule has 1 atom stereocenters. The molecule has 25 heavy (non-hydrogen) atoms. The van der Waals surface area contributed by atoms with Gasteiger partial charge in [-0.2, -0.15) is 0 Å². The molecule has 1 aliphatic rings. The minimum Gasteiger partial charge on any atom is -0.319 e. The topological polar surface area (TPSA) is 62.3 Å². The summed E-state index contributed by atoms with van der Waals surface area (Å²) < 4.78 is 1.03. The molecule has 1 aromatic heterocycles. The van der Waals surface area contributed by atoms with Crippen molar-refractivity contribution < 1.29 is 9.59 Å². The number of aromatic nitrogens is 1. The quantitative estimate of drug-likeness (QED) is 0.710. The van der Waals surface area contributed by atoms with Gasteiger partial charge in [-0.3, -0.25) is 9.69 Å². The van der Waals surface area contributed by atoms with Gasteiger partial charge in [0, 0.05) is 10.6 Å². The number of nitrogens with zero attached hydrogens (tertiary/aromatic N) is 2. The van der Waals surface area contributed by atoms with Gasteiger partial charge in [0.25, 0.3) is 5.91 Å². The molecular weight excluding hydrogens is 358 g/mol. The van der Waals surface area contributed by atoms with Crippen LogP contribution in [0.4, 0.5) is 4.79 Å². The van der Waals surface area contributed by atoms with Crippen LogP contribution in [0.5, 0.6) is 0 Å². The monoisotopic (exact) mass is 371 g/mol. The van der Waals surface area contributed by atoms with Crippen molar-refractivity contribution in [3.05, 3.63) is 64.1 Å². The van der Waals surface area contributed by atoms with Crippen LogP contribution in [0, 0.1) is 0 Å². The number of imide groups is 1. The second-order valence-electron chi connectivity index (χ2n) is 6.00. The summed E-state index contributed by atoms with van der Waals surface area (Å²) in [6.45, 7) is 1.82. The fourth-order valence-corrected chi connectivity index (χ4v) is 4.29. The molecule has 1 aliphatic heterocycles. The summed E-state index contributed by atoms with van der Waals surface area (Å²) in [5.74, 6) is -0.329. The number of amides is 3. The number of carbonyl (C=O) groups is 2. The zero-order chi connectivity index (χ0) is 17.6. The number of urea groups is 1. The second-order valence-corrected chi connectivity index (χ2v) is 7.52. The number of hydrogen-bond acceptors (Lipinski definition) is 4. The maximum Gasteiger partial charge on any atom is 0.325 e. The Morgan fingerprint density at radius 1 is 1.16 bits per heavy atom. The number of thiazole rings is 1. The van der Waals surface area contributed by atoms with Crippen LogP contribution in [0.3, 0.4) is 0 Å². The van der Waals surface area contributed by atoms with Gasteiger partial charge >= 0.3 is 6.03 Å². The molecule has 3 amide bonds. The zero-order valence-corrected chi connectivity index (χ0v) is 14.9. The molecule has 7 heteroatoms. The van der Waals surface area contributed by atoms with Crippen LogP contribution in [-0.4, -0.2) is 21.8 Å². The van der Waals surface area contributed by atoms with Crippen LogP contribution in [0.15, 0.2) is 48.5 Å². The summed E-state index contributed by atoms with van der Waals surface area (Å²) in [5.41, 5.74) is 0.275. The maximum absolute atomic E-state index is 13.0. The average Bonchev–Trinajstić information content (AvgIpc) is 3.10. The van der Waals surface area contributed by atoms with E-state index in [1.165, 1.54) is 16.2 Å².